The van der Waals surface area contributed by atoms with E-state index in [4.69, 9.17) is 25.4 Å². The van der Waals surface area contributed by atoms with Gasteiger partial charge in [-0.15, -0.1) is 6.42 Å². The highest BCUT2D eigenvalue weighted by atomic mass is 32.2. The molecule has 144 valence electrons. The molecule has 10 nitrogen and oxygen atoms in total. The molecule has 0 aromatic heterocycles. The zero-order chi connectivity index (χ0) is 18.4. The van der Waals surface area contributed by atoms with Crippen LogP contribution in [0.25, 0.3) is 0 Å². The molecule has 1 amide bonds. The number of nitrogens with zero attached hydrogens (tertiary/aromatic N) is 1. The fourth-order valence-electron chi connectivity index (χ4n) is 1.71. The molecule has 1 saturated heterocycles. The van der Waals surface area contributed by atoms with Gasteiger partial charge in [0.15, 0.2) is 0 Å². The predicted molar refractivity (Wildman–Crippen MR) is 87.1 cm³/mol. The fraction of sp³-hybridized carbons (Fsp3) is 0.786. The van der Waals surface area contributed by atoms with Crippen LogP contribution < -0.4 is 4.72 Å². The van der Waals surface area contributed by atoms with Crippen molar-refractivity contribution in [3.8, 4) is 12.3 Å². The lowest BCUT2D eigenvalue weighted by Gasteiger charge is -2.14. The van der Waals surface area contributed by atoms with E-state index in [1.165, 1.54) is 0 Å². The average Bonchev–Trinajstić information content (AvgIpc) is 3.02. The van der Waals surface area contributed by atoms with Gasteiger partial charge in [-0.2, -0.15) is 17.4 Å². The van der Waals surface area contributed by atoms with Gasteiger partial charge >= 0.3 is 16.3 Å². The van der Waals surface area contributed by atoms with Crippen molar-refractivity contribution in [3.05, 3.63) is 0 Å². The Morgan fingerprint density at radius 3 is 2.12 bits per heavy atom. The second-order valence-electron chi connectivity index (χ2n) is 4.68. The molecule has 0 bridgehead atoms. The lowest BCUT2D eigenvalue weighted by molar-refractivity contribution is 0.00201. The molecule has 0 aromatic carbocycles. The van der Waals surface area contributed by atoms with Crippen LogP contribution in [0.4, 0.5) is 4.79 Å². The van der Waals surface area contributed by atoms with Gasteiger partial charge in [-0.3, -0.25) is 0 Å². The van der Waals surface area contributed by atoms with Gasteiger partial charge in [0.25, 0.3) is 0 Å². The number of hydrogen-bond donors (Lipinski definition) is 1. The summed E-state index contributed by atoms with van der Waals surface area (Å²) >= 11 is 0. The Kier molecular flexibility index (Phi) is 11.1. The highest BCUT2D eigenvalue weighted by Crippen LogP contribution is 2.07. The SMILES string of the molecule is C#CCOCCOCCOCCOCCNS(=O)(=O)N1CCOC1=O. The third kappa shape index (κ3) is 9.59. The van der Waals surface area contributed by atoms with E-state index < -0.39 is 16.3 Å². The molecular formula is C14H24N2O8S. The average molecular weight is 380 g/mol. The first-order valence-corrected chi connectivity index (χ1v) is 9.20. The van der Waals surface area contributed by atoms with E-state index >= 15 is 0 Å². The van der Waals surface area contributed by atoms with E-state index in [2.05, 4.69) is 15.4 Å². The Hall–Kier alpha value is -1.42. The molecule has 1 rings (SSSR count). The summed E-state index contributed by atoms with van der Waals surface area (Å²) in [5.74, 6) is 2.35. The van der Waals surface area contributed by atoms with Gasteiger partial charge in [-0.25, -0.2) is 4.79 Å². The van der Waals surface area contributed by atoms with Crippen LogP contribution in [0.3, 0.4) is 0 Å². The van der Waals surface area contributed by atoms with E-state index in [0.29, 0.717) is 43.9 Å². The van der Waals surface area contributed by atoms with E-state index in [-0.39, 0.29) is 32.9 Å². The molecule has 0 atom stereocenters. The maximum atomic E-state index is 11.8. The zero-order valence-electron chi connectivity index (χ0n) is 14.0. The quantitative estimate of drug-likeness (QED) is 0.284. The first-order valence-electron chi connectivity index (χ1n) is 7.76. The molecule has 0 spiro atoms. The molecule has 11 heteroatoms. The number of cyclic esters (lactones) is 1. The topological polar surface area (TPSA) is 113 Å². The lowest BCUT2D eigenvalue weighted by Crippen LogP contribution is -2.42. The molecule has 0 radical (unpaired) electrons. The van der Waals surface area contributed by atoms with Crippen LogP contribution in [0.15, 0.2) is 0 Å². The minimum atomic E-state index is -3.87. The van der Waals surface area contributed by atoms with Crippen molar-refractivity contribution in [2.75, 3.05) is 72.6 Å². The smallest absolute Gasteiger partial charge is 0.424 e. The number of carbonyl (C=O) groups excluding carboxylic acids is 1. The molecule has 1 fully saturated rings. The summed E-state index contributed by atoms with van der Waals surface area (Å²) in [5.41, 5.74) is 0. The first kappa shape index (κ1) is 21.6. The summed E-state index contributed by atoms with van der Waals surface area (Å²) in [6, 6.07) is 0. The molecule has 0 aliphatic carbocycles. The Morgan fingerprint density at radius 1 is 1.04 bits per heavy atom. The normalized spacial score (nSPS) is 14.5. The van der Waals surface area contributed by atoms with Crippen LogP contribution in [-0.2, 0) is 33.9 Å². The first-order chi connectivity index (χ1) is 12.1. The van der Waals surface area contributed by atoms with Gasteiger partial charge in [0.2, 0.25) is 0 Å². The minimum absolute atomic E-state index is 0.0148. The van der Waals surface area contributed by atoms with Crippen molar-refractivity contribution >= 4 is 16.3 Å². The van der Waals surface area contributed by atoms with E-state index in [0.717, 1.165) is 0 Å². The van der Waals surface area contributed by atoms with Crippen molar-refractivity contribution < 1.29 is 36.9 Å². The number of terminal acetylenes is 1. The van der Waals surface area contributed by atoms with E-state index in [1.54, 1.807) is 0 Å². The van der Waals surface area contributed by atoms with E-state index in [9.17, 15) is 13.2 Å². The number of amides is 1. The van der Waals surface area contributed by atoms with Crippen LogP contribution in [0, 0.1) is 12.3 Å². The molecule has 1 aliphatic heterocycles. The standard InChI is InChI=1S/C14H24N2O8S/c1-2-5-20-8-10-22-12-13-23-11-9-21-6-3-15-25(18,19)16-4-7-24-14(16)17/h1,15H,3-13H2. The maximum absolute atomic E-state index is 11.8. The number of rotatable bonds is 15. The largest absolute Gasteiger partial charge is 0.447 e. The third-order valence-electron chi connectivity index (χ3n) is 2.85. The highest BCUT2D eigenvalue weighted by Gasteiger charge is 2.32. The Bertz CT molecular complexity index is 519. The highest BCUT2D eigenvalue weighted by molar-refractivity contribution is 7.87. The van der Waals surface area contributed by atoms with Crippen molar-refractivity contribution in [2.24, 2.45) is 0 Å². The lowest BCUT2D eigenvalue weighted by atomic mass is 10.7. The van der Waals surface area contributed by atoms with Crippen LogP contribution in [0.1, 0.15) is 0 Å². The molecule has 25 heavy (non-hydrogen) atoms. The van der Waals surface area contributed by atoms with Gasteiger partial charge < -0.3 is 23.7 Å². The maximum Gasteiger partial charge on any atom is 0.424 e. The second-order valence-corrected chi connectivity index (χ2v) is 6.36. The predicted octanol–water partition coefficient (Wildman–Crippen LogP) is -1.03. The van der Waals surface area contributed by atoms with Crippen molar-refractivity contribution in [3.63, 3.8) is 0 Å². The van der Waals surface area contributed by atoms with Crippen LogP contribution >= 0.6 is 0 Å². The van der Waals surface area contributed by atoms with Gasteiger partial charge in [-0.05, 0) is 0 Å². The number of nitrogens with one attached hydrogen (secondary N) is 1. The van der Waals surface area contributed by atoms with Crippen LogP contribution in [0.5, 0.6) is 0 Å². The van der Waals surface area contributed by atoms with Gasteiger partial charge in [0.1, 0.15) is 13.2 Å². The molecule has 0 unspecified atom stereocenters. The molecule has 0 aromatic rings. The van der Waals surface area contributed by atoms with Crippen LogP contribution in [-0.4, -0.2) is 91.4 Å². The molecule has 0 saturated carbocycles. The molecular weight excluding hydrogens is 356 g/mol. The molecule has 1 heterocycles. The summed E-state index contributed by atoms with van der Waals surface area (Å²) in [7, 11) is -3.87. The second kappa shape index (κ2) is 12.9. The summed E-state index contributed by atoms with van der Waals surface area (Å²) in [5, 5.41) is 0. The fourth-order valence-corrected chi connectivity index (χ4v) is 2.77. The van der Waals surface area contributed by atoms with E-state index in [1.807, 2.05) is 0 Å². The summed E-state index contributed by atoms with van der Waals surface area (Å²) in [6.45, 7) is 2.99. The Labute approximate surface area is 147 Å². The number of carbonyl (C=O) groups is 1. The monoisotopic (exact) mass is 380 g/mol. The number of hydrogen-bond acceptors (Lipinski definition) is 8. The summed E-state index contributed by atoms with van der Waals surface area (Å²) in [6.07, 6.45) is 4.15. The van der Waals surface area contributed by atoms with Gasteiger partial charge in [0.05, 0.1) is 52.8 Å². The Balaban J connectivity index is 1.87. The Morgan fingerprint density at radius 2 is 1.60 bits per heavy atom. The van der Waals surface area contributed by atoms with Crippen molar-refractivity contribution in [1.29, 1.82) is 0 Å². The number of ether oxygens (including phenoxy) is 5. The summed E-state index contributed by atoms with van der Waals surface area (Å²) < 4.78 is 51.8. The zero-order valence-corrected chi connectivity index (χ0v) is 14.8. The van der Waals surface area contributed by atoms with Gasteiger partial charge in [-0.1, -0.05) is 5.92 Å². The summed E-state index contributed by atoms with van der Waals surface area (Å²) in [4.78, 5) is 11.2. The van der Waals surface area contributed by atoms with Crippen molar-refractivity contribution in [2.45, 2.75) is 0 Å². The third-order valence-corrected chi connectivity index (χ3v) is 4.33. The minimum Gasteiger partial charge on any atom is -0.447 e. The molecule has 1 aliphatic rings. The molecule has 1 N–H and O–H groups in total. The van der Waals surface area contributed by atoms with Crippen molar-refractivity contribution in [1.82, 2.24) is 9.03 Å². The van der Waals surface area contributed by atoms with Gasteiger partial charge in [0, 0.05) is 6.54 Å². The van der Waals surface area contributed by atoms with Crippen LogP contribution in [0.2, 0.25) is 0 Å².